The summed E-state index contributed by atoms with van der Waals surface area (Å²) in [6, 6.07) is 19.6. The molecule has 0 amide bonds. The first-order valence-electron chi connectivity index (χ1n) is 12.2. The molecule has 0 spiro atoms. The molecule has 0 aliphatic carbocycles. The summed E-state index contributed by atoms with van der Waals surface area (Å²) in [7, 11) is 1.39. The average Bonchev–Trinajstić information content (AvgIpc) is 3.35. The Kier molecular flexibility index (Phi) is 6.35. The molecule has 0 saturated heterocycles. The van der Waals surface area contributed by atoms with Crippen molar-refractivity contribution in [1.29, 1.82) is 0 Å². The van der Waals surface area contributed by atoms with E-state index in [-0.39, 0.29) is 12.9 Å². The predicted octanol–water partition coefficient (Wildman–Crippen LogP) is 6.43. The molecule has 2 aliphatic rings. The van der Waals surface area contributed by atoms with Gasteiger partial charge in [0.2, 0.25) is 6.79 Å². The molecular formula is C30H30O6. The fourth-order valence-corrected chi connectivity index (χ4v) is 4.59. The van der Waals surface area contributed by atoms with Crippen LogP contribution >= 0.6 is 0 Å². The SMILES string of the molecule is COC(=O)C1=C(c2ccc(C(C)C)cc2)c2cc(OC(C)C)ccc2OC1c1ccc2c(c1)OCO2. The van der Waals surface area contributed by atoms with Crippen molar-refractivity contribution in [2.45, 2.75) is 45.8 Å². The van der Waals surface area contributed by atoms with Gasteiger partial charge in [0.05, 0.1) is 18.8 Å². The summed E-state index contributed by atoms with van der Waals surface area (Å²) in [6.45, 7) is 8.44. The van der Waals surface area contributed by atoms with Gasteiger partial charge in [-0.3, -0.25) is 0 Å². The molecule has 0 radical (unpaired) electrons. The highest BCUT2D eigenvalue weighted by atomic mass is 16.7. The Hall–Kier alpha value is -3.93. The summed E-state index contributed by atoms with van der Waals surface area (Å²) in [4.78, 5) is 13.4. The van der Waals surface area contributed by atoms with Crippen molar-refractivity contribution < 1.29 is 28.5 Å². The van der Waals surface area contributed by atoms with E-state index in [1.165, 1.54) is 12.7 Å². The van der Waals surface area contributed by atoms with E-state index in [0.29, 0.717) is 34.5 Å². The fourth-order valence-electron chi connectivity index (χ4n) is 4.59. The third-order valence-corrected chi connectivity index (χ3v) is 6.34. The van der Waals surface area contributed by atoms with Gasteiger partial charge >= 0.3 is 5.97 Å². The standard InChI is InChI=1S/C30H30O6/c1-17(2)19-6-8-20(9-7-19)27-23-15-22(35-18(3)4)11-13-24(23)36-29(28(27)30(31)32-5)21-10-12-25-26(14-21)34-16-33-25/h6-15,17-18,29H,16H2,1-5H3. The van der Waals surface area contributed by atoms with Crippen LogP contribution in [-0.4, -0.2) is 26.0 Å². The predicted molar refractivity (Wildman–Crippen MR) is 137 cm³/mol. The number of hydrogen-bond acceptors (Lipinski definition) is 6. The number of ether oxygens (including phenoxy) is 5. The number of methoxy groups -OCH3 is 1. The molecule has 0 bridgehead atoms. The van der Waals surface area contributed by atoms with Crippen molar-refractivity contribution in [3.63, 3.8) is 0 Å². The zero-order valence-electron chi connectivity index (χ0n) is 21.2. The highest BCUT2D eigenvalue weighted by molar-refractivity contribution is 6.04. The maximum atomic E-state index is 13.4. The van der Waals surface area contributed by atoms with Crippen LogP contribution in [0.15, 0.2) is 66.2 Å². The van der Waals surface area contributed by atoms with Crippen molar-refractivity contribution in [2.24, 2.45) is 0 Å². The molecule has 0 fully saturated rings. The zero-order valence-corrected chi connectivity index (χ0v) is 21.2. The normalized spacial score (nSPS) is 16.1. The van der Waals surface area contributed by atoms with Crippen LogP contribution in [0.3, 0.4) is 0 Å². The molecule has 6 heteroatoms. The van der Waals surface area contributed by atoms with Crippen LogP contribution in [0.1, 0.15) is 62.0 Å². The first-order valence-corrected chi connectivity index (χ1v) is 12.2. The van der Waals surface area contributed by atoms with E-state index in [4.69, 9.17) is 23.7 Å². The van der Waals surface area contributed by atoms with Crippen molar-refractivity contribution in [3.05, 3.63) is 88.5 Å². The summed E-state index contributed by atoms with van der Waals surface area (Å²) in [6.07, 6.45) is -0.692. The largest absolute Gasteiger partial charge is 0.491 e. The molecule has 2 heterocycles. The number of hydrogen-bond donors (Lipinski definition) is 0. The Morgan fingerprint density at radius 1 is 0.889 bits per heavy atom. The Balaban J connectivity index is 1.73. The average molecular weight is 487 g/mol. The topological polar surface area (TPSA) is 63.2 Å². The number of benzene rings is 3. The van der Waals surface area contributed by atoms with Crippen LogP contribution in [0.2, 0.25) is 0 Å². The van der Waals surface area contributed by atoms with E-state index < -0.39 is 12.1 Å². The first kappa shape index (κ1) is 23.8. The lowest BCUT2D eigenvalue weighted by Crippen LogP contribution is -2.24. The maximum absolute atomic E-state index is 13.4. The Morgan fingerprint density at radius 3 is 2.31 bits per heavy atom. The zero-order chi connectivity index (χ0) is 25.4. The lowest BCUT2D eigenvalue weighted by atomic mass is 9.85. The number of rotatable bonds is 6. The van der Waals surface area contributed by atoms with E-state index in [2.05, 4.69) is 38.1 Å². The number of carbonyl (C=O) groups is 1. The molecule has 3 aromatic carbocycles. The van der Waals surface area contributed by atoms with Crippen LogP contribution in [0.4, 0.5) is 0 Å². The number of carbonyl (C=O) groups excluding carboxylic acids is 1. The molecule has 2 aliphatic heterocycles. The van der Waals surface area contributed by atoms with Gasteiger partial charge < -0.3 is 23.7 Å². The molecule has 36 heavy (non-hydrogen) atoms. The van der Waals surface area contributed by atoms with Gasteiger partial charge in [0, 0.05) is 16.7 Å². The number of esters is 1. The Bertz CT molecular complexity index is 1320. The quantitative estimate of drug-likeness (QED) is 0.374. The van der Waals surface area contributed by atoms with Gasteiger partial charge in [0.25, 0.3) is 0 Å². The third-order valence-electron chi connectivity index (χ3n) is 6.34. The smallest absolute Gasteiger partial charge is 0.338 e. The minimum atomic E-state index is -0.698. The van der Waals surface area contributed by atoms with E-state index in [0.717, 1.165) is 22.3 Å². The highest BCUT2D eigenvalue weighted by Crippen LogP contribution is 2.48. The Labute approximate surface area is 211 Å². The molecule has 0 N–H and O–H groups in total. The molecule has 1 atom stereocenters. The molecule has 186 valence electrons. The molecule has 0 aromatic heterocycles. The summed E-state index contributed by atoms with van der Waals surface area (Å²) in [5, 5.41) is 0. The Morgan fingerprint density at radius 2 is 1.61 bits per heavy atom. The van der Waals surface area contributed by atoms with Crippen molar-refractivity contribution >= 4 is 11.5 Å². The minimum Gasteiger partial charge on any atom is -0.491 e. The lowest BCUT2D eigenvalue weighted by molar-refractivity contribution is -0.137. The minimum absolute atomic E-state index is 0.00627. The van der Waals surface area contributed by atoms with E-state index >= 15 is 0 Å². The molecule has 5 rings (SSSR count). The summed E-state index contributed by atoms with van der Waals surface area (Å²) in [5.74, 6) is 2.58. The second kappa shape index (κ2) is 9.61. The first-order chi connectivity index (χ1) is 17.4. The monoisotopic (exact) mass is 486 g/mol. The molecular weight excluding hydrogens is 456 g/mol. The molecule has 1 unspecified atom stereocenters. The second-order valence-corrected chi connectivity index (χ2v) is 9.49. The van der Waals surface area contributed by atoms with Gasteiger partial charge in [-0.05, 0) is 61.2 Å². The van der Waals surface area contributed by atoms with Gasteiger partial charge in [-0.2, -0.15) is 0 Å². The van der Waals surface area contributed by atoms with Gasteiger partial charge in [-0.1, -0.05) is 44.2 Å². The van der Waals surface area contributed by atoms with E-state index in [1.807, 2.05) is 50.2 Å². The van der Waals surface area contributed by atoms with Gasteiger partial charge in [-0.25, -0.2) is 4.79 Å². The van der Waals surface area contributed by atoms with E-state index in [1.54, 1.807) is 0 Å². The van der Waals surface area contributed by atoms with Gasteiger partial charge in [0.15, 0.2) is 17.6 Å². The lowest BCUT2D eigenvalue weighted by Gasteiger charge is -2.31. The molecule has 0 saturated carbocycles. The van der Waals surface area contributed by atoms with Gasteiger partial charge in [-0.15, -0.1) is 0 Å². The summed E-state index contributed by atoms with van der Waals surface area (Å²) in [5.41, 5.74) is 4.84. The van der Waals surface area contributed by atoms with Crippen molar-refractivity contribution in [3.8, 4) is 23.0 Å². The number of fused-ring (bicyclic) bond motifs is 2. The van der Waals surface area contributed by atoms with Crippen LogP contribution in [0.25, 0.3) is 5.57 Å². The molecule has 6 nitrogen and oxygen atoms in total. The van der Waals surface area contributed by atoms with Gasteiger partial charge in [0.1, 0.15) is 11.5 Å². The fraction of sp³-hybridized carbons (Fsp3) is 0.300. The second-order valence-electron chi connectivity index (χ2n) is 9.49. The maximum Gasteiger partial charge on any atom is 0.338 e. The van der Waals surface area contributed by atoms with Crippen molar-refractivity contribution in [1.82, 2.24) is 0 Å². The van der Waals surface area contributed by atoms with Crippen LogP contribution in [-0.2, 0) is 9.53 Å². The van der Waals surface area contributed by atoms with Crippen molar-refractivity contribution in [2.75, 3.05) is 13.9 Å². The van der Waals surface area contributed by atoms with Crippen LogP contribution in [0.5, 0.6) is 23.0 Å². The highest BCUT2D eigenvalue weighted by Gasteiger charge is 2.36. The summed E-state index contributed by atoms with van der Waals surface area (Å²) < 4.78 is 28.8. The van der Waals surface area contributed by atoms with Crippen LogP contribution in [0, 0.1) is 0 Å². The van der Waals surface area contributed by atoms with Crippen LogP contribution < -0.4 is 18.9 Å². The van der Waals surface area contributed by atoms with E-state index in [9.17, 15) is 4.79 Å². The molecule has 3 aromatic rings. The summed E-state index contributed by atoms with van der Waals surface area (Å²) >= 11 is 0. The third kappa shape index (κ3) is 4.39.